The molecule has 0 aromatic heterocycles. The number of carbonyl (C=O) groups excluding carboxylic acids is 1. The number of rotatable bonds is 33. The quantitative estimate of drug-likeness (QED) is 0.0846. The number of halogens is 1. The Kier molecular flexibility index (Phi) is 32.5. The van der Waals surface area contributed by atoms with E-state index in [1.807, 2.05) is 20.8 Å². The summed E-state index contributed by atoms with van der Waals surface area (Å²) in [7, 11) is 0. The number of amides is 1. The van der Waals surface area contributed by atoms with Crippen LogP contribution in [-0.2, 0) is 47.4 Å². The van der Waals surface area contributed by atoms with Crippen molar-refractivity contribution in [3.63, 3.8) is 0 Å². The third kappa shape index (κ3) is 37.2. The maximum Gasteiger partial charge on any atom is 0.407 e. The Morgan fingerprint density at radius 3 is 1.12 bits per heavy atom. The zero-order valence-electron chi connectivity index (χ0n) is 26.3. The van der Waals surface area contributed by atoms with E-state index < -0.39 is 11.7 Å². The van der Waals surface area contributed by atoms with Crippen LogP contribution in [-0.4, -0.2) is 143 Å². The van der Waals surface area contributed by atoms with Gasteiger partial charge in [-0.2, -0.15) is 0 Å². The Morgan fingerprint density at radius 1 is 0.476 bits per heavy atom. The molecule has 0 aliphatic rings. The molecule has 0 unspecified atom stereocenters. The van der Waals surface area contributed by atoms with Gasteiger partial charge in [0.25, 0.3) is 0 Å². The molecule has 0 rings (SSSR count). The molecular weight excluding hydrogens is 574 g/mol. The van der Waals surface area contributed by atoms with Crippen LogP contribution in [0.4, 0.5) is 4.79 Å². The molecule has 0 aromatic rings. The molecule has 0 aliphatic carbocycles. The van der Waals surface area contributed by atoms with E-state index in [1.165, 1.54) is 12.8 Å². The van der Waals surface area contributed by atoms with E-state index >= 15 is 0 Å². The second kappa shape index (κ2) is 33.1. The van der Waals surface area contributed by atoms with Crippen molar-refractivity contribution in [3.05, 3.63) is 0 Å². The largest absolute Gasteiger partial charge is 0.444 e. The van der Waals surface area contributed by atoms with Crippen molar-refractivity contribution in [2.24, 2.45) is 0 Å². The highest BCUT2D eigenvalue weighted by atomic mass is 35.5. The monoisotopic (exact) mass is 631 g/mol. The van der Waals surface area contributed by atoms with Crippen LogP contribution in [0.3, 0.4) is 0 Å². The molecule has 0 saturated heterocycles. The highest BCUT2D eigenvalue weighted by Crippen LogP contribution is 2.06. The van der Waals surface area contributed by atoms with E-state index in [0.717, 1.165) is 25.3 Å². The van der Waals surface area contributed by atoms with Crippen LogP contribution in [0.5, 0.6) is 0 Å². The lowest BCUT2D eigenvalue weighted by Crippen LogP contribution is -2.34. The third-order valence-electron chi connectivity index (χ3n) is 5.06. The van der Waals surface area contributed by atoms with Gasteiger partial charge < -0.3 is 52.7 Å². The fraction of sp³-hybridized carbons (Fsp3) is 0.966. The van der Waals surface area contributed by atoms with Crippen LogP contribution in [0.1, 0.15) is 46.5 Å². The minimum atomic E-state index is -0.507. The molecule has 0 spiro atoms. The first-order chi connectivity index (χ1) is 20.5. The third-order valence-corrected chi connectivity index (χ3v) is 5.33. The number of alkyl carbamates (subject to hydrolysis) is 1. The molecule has 0 atom stereocenters. The van der Waals surface area contributed by atoms with Gasteiger partial charge in [0.1, 0.15) is 5.60 Å². The molecule has 0 fully saturated rings. The normalized spacial score (nSPS) is 11.7. The predicted octanol–water partition coefficient (Wildman–Crippen LogP) is 3.46. The number of hydrogen-bond acceptors (Lipinski definition) is 11. The highest BCUT2D eigenvalue weighted by Gasteiger charge is 2.15. The van der Waals surface area contributed by atoms with Gasteiger partial charge in [0.2, 0.25) is 0 Å². The Hall–Kier alpha value is -0.800. The minimum absolute atomic E-state index is 0.387. The molecule has 0 bridgehead atoms. The highest BCUT2D eigenvalue weighted by molar-refractivity contribution is 6.17. The first-order valence-corrected chi connectivity index (χ1v) is 15.7. The van der Waals surface area contributed by atoms with Gasteiger partial charge in [0.05, 0.1) is 112 Å². The van der Waals surface area contributed by atoms with Gasteiger partial charge in [-0.05, 0) is 33.6 Å². The van der Waals surface area contributed by atoms with Crippen LogP contribution in [0.2, 0.25) is 0 Å². The second-order valence-corrected chi connectivity index (χ2v) is 10.4. The van der Waals surface area contributed by atoms with Gasteiger partial charge in [0.15, 0.2) is 0 Å². The summed E-state index contributed by atoms with van der Waals surface area (Å²) in [5.74, 6) is 0.742. The Labute approximate surface area is 258 Å². The first kappa shape index (κ1) is 41.2. The molecule has 42 heavy (non-hydrogen) atoms. The van der Waals surface area contributed by atoms with Crippen molar-refractivity contribution < 1.29 is 52.2 Å². The number of ether oxygens (including phenoxy) is 10. The standard InChI is InChI=1S/C29H58ClNO11/c1-29(2,3)42-28(32)31-9-11-34-13-15-36-17-19-38-21-23-40-25-27-41-26-24-39-22-20-37-18-16-35-14-12-33-10-7-5-4-6-8-30/h4-27H2,1-3H3,(H,31,32). The molecule has 1 N–H and O–H groups in total. The lowest BCUT2D eigenvalue weighted by Gasteiger charge is -2.19. The average Bonchev–Trinajstić information content (AvgIpc) is 2.94. The maximum atomic E-state index is 11.5. The van der Waals surface area contributed by atoms with E-state index in [1.54, 1.807) is 0 Å². The van der Waals surface area contributed by atoms with Crippen LogP contribution >= 0.6 is 11.6 Å². The zero-order valence-corrected chi connectivity index (χ0v) is 27.1. The number of nitrogens with one attached hydrogen (secondary N) is 1. The minimum Gasteiger partial charge on any atom is -0.444 e. The molecule has 0 aliphatic heterocycles. The van der Waals surface area contributed by atoms with Crippen LogP contribution in [0.25, 0.3) is 0 Å². The van der Waals surface area contributed by atoms with E-state index in [4.69, 9.17) is 59.0 Å². The average molecular weight is 632 g/mol. The molecule has 0 saturated carbocycles. The zero-order chi connectivity index (χ0) is 30.8. The van der Waals surface area contributed by atoms with E-state index in [0.29, 0.717) is 119 Å². The van der Waals surface area contributed by atoms with Crippen molar-refractivity contribution in [1.29, 1.82) is 0 Å². The summed E-state index contributed by atoms with van der Waals surface area (Å²) in [6, 6.07) is 0. The van der Waals surface area contributed by atoms with Gasteiger partial charge in [-0.3, -0.25) is 0 Å². The summed E-state index contributed by atoms with van der Waals surface area (Å²) >= 11 is 5.65. The summed E-state index contributed by atoms with van der Waals surface area (Å²) in [5, 5.41) is 2.63. The number of hydrogen-bond donors (Lipinski definition) is 1. The summed E-state index contributed by atoms with van der Waals surface area (Å²) < 4.78 is 54.3. The predicted molar refractivity (Wildman–Crippen MR) is 161 cm³/mol. The van der Waals surface area contributed by atoms with Gasteiger partial charge in [0, 0.05) is 19.0 Å². The van der Waals surface area contributed by atoms with Gasteiger partial charge in [-0.25, -0.2) is 4.79 Å². The van der Waals surface area contributed by atoms with Gasteiger partial charge in [-0.1, -0.05) is 12.8 Å². The van der Waals surface area contributed by atoms with Crippen molar-refractivity contribution in [3.8, 4) is 0 Å². The molecule has 13 heteroatoms. The first-order valence-electron chi connectivity index (χ1n) is 15.2. The summed E-state index contributed by atoms with van der Waals surface area (Å²) in [4.78, 5) is 11.5. The van der Waals surface area contributed by atoms with Crippen LogP contribution in [0.15, 0.2) is 0 Å². The van der Waals surface area contributed by atoms with E-state index in [2.05, 4.69) is 5.32 Å². The maximum absolute atomic E-state index is 11.5. The van der Waals surface area contributed by atoms with Crippen molar-refractivity contribution in [2.75, 3.05) is 131 Å². The molecule has 0 aromatic carbocycles. The number of carbonyl (C=O) groups is 1. The molecule has 12 nitrogen and oxygen atoms in total. The fourth-order valence-electron chi connectivity index (χ4n) is 3.05. The molecule has 1 amide bonds. The molecular formula is C29H58ClNO11. The fourth-order valence-corrected chi connectivity index (χ4v) is 3.24. The van der Waals surface area contributed by atoms with Crippen molar-refractivity contribution in [1.82, 2.24) is 5.32 Å². The van der Waals surface area contributed by atoms with Crippen LogP contribution in [0, 0.1) is 0 Å². The Bertz CT molecular complexity index is 556. The summed E-state index contributed by atoms with van der Waals surface area (Å²) in [6.45, 7) is 15.3. The smallest absolute Gasteiger partial charge is 0.407 e. The molecule has 0 radical (unpaired) electrons. The van der Waals surface area contributed by atoms with E-state index in [9.17, 15) is 4.79 Å². The number of unbranched alkanes of at least 4 members (excludes halogenated alkanes) is 3. The Balaban J connectivity index is 3.09. The molecule has 0 heterocycles. The van der Waals surface area contributed by atoms with E-state index in [-0.39, 0.29) is 0 Å². The lowest BCUT2D eigenvalue weighted by molar-refractivity contribution is -0.0250. The second-order valence-electron chi connectivity index (χ2n) is 10.0. The molecule has 252 valence electrons. The lowest BCUT2D eigenvalue weighted by atomic mass is 10.2. The van der Waals surface area contributed by atoms with Crippen LogP contribution < -0.4 is 5.32 Å². The van der Waals surface area contributed by atoms with Crippen molar-refractivity contribution >= 4 is 17.7 Å². The summed E-state index contributed by atoms with van der Waals surface area (Å²) in [6.07, 6.45) is 4.04. The Morgan fingerprint density at radius 2 is 0.786 bits per heavy atom. The van der Waals surface area contributed by atoms with Crippen molar-refractivity contribution in [2.45, 2.75) is 52.1 Å². The SMILES string of the molecule is CC(C)(C)OC(=O)NCCOCCOCCOCCOCCOCCOCCOCCOCCOCCCCCCCl. The topological polar surface area (TPSA) is 121 Å². The van der Waals surface area contributed by atoms with Gasteiger partial charge >= 0.3 is 6.09 Å². The van der Waals surface area contributed by atoms with Gasteiger partial charge in [-0.15, -0.1) is 11.6 Å². The summed E-state index contributed by atoms with van der Waals surface area (Å²) in [5.41, 5.74) is -0.507. The number of alkyl halides is 1.